The number of carbonyl (C=O) groups is 2. The van der Waals surface area contributed by atoms with Gasteiger partial charge in [0, 0.05) is 18.3 Å². The molecule has 0 unspecified atom stereocenters. The molecular weight excluding hydrogens is 345 g/mol. The number of nitrogens with one attached hydrogen (secondary N) is 1. The van der Waals surface area contributed by atoms with Crippen LogP contribution in [0.2, 0.25) is 0 Å². The van der Waals surface area contributed by atoms with Gasteiger partial charge in [0.25, 0.3) is 0 Å². The first-order valence-corrected chi connectivity index (χ1v) is 9.04. The van der Waals surface area contributed by atoms with Gasteiger partial charge in [0.1, 0.15) is 5.82 Å². The van der Waals surface area contributed by atoms with Gasteiger partial charge in [-0.15, -0.1) is 10.2 Å². The highest BCUT2D eigenvalue weighted by molar-refractivity contribution is 7.99. The van der Waals surface area contributed by atoms with E-state index in [1.807, 2.05) is 4.57 Å². The molecule has 4 rings (SSSR count). The molecule has 1 aliphatic carbocycles. The Labute approximate surface area is 147 Å². The molecule has 2 fully saturated rings. The lowest BCUT2D eigenvalue weighted by atomic mass is 10.2. The Bertz CT molecular complexity index is 820. The number of benzene rings is 1. The molecule has 0 atom stereocenters. The highest BCUT2D eigenvalue weighted by Gasteiger charge is 2.32. The van der Waals surface area contributed by atoms with Crippen LogP contribution in [-0.2, 0) is 4.79 Å². The van der Waals surface area contributed by atoms with E-state index in [0.717, 1.165) is 12.8 Å². The van der Waals surface area contributed by atoms with Crippen LogP contribution < -0.4 is 5.32 Å². The molecule has 3 amide bonds. The SMILES string of the molecule is O=C1CNC(=O)N1CCSc1nnc(-c2ccccc2F)n1C1CC1. The fourth-order valence-electron chi connectivity index (χ4n) is 2.77. The van der Waals surface area contributed by atoms with Crippen LogP contribution in [0.4, 0.5) is 9.18 Å². The van der Waals surface area contributed by atoms with Crippen LogP contribution in [0.15, 0.2) is 29.4 Å². The summed E-state index contributed by atoms with van der Waals surface area (Å²) >= 11 is 1.42. The van der Waals surface area contributed by atoms with Gasteiger partial charge in [0.15, 0.2) is 11.0 Å². The summed E-state index contributed by atoms with van der Waals surface area (Å²) in [5, 5.41) is 11.6. The van der Waals surface area contributed by atoms with Crippen molar-refractivity contribution in [1.82, 2.24) is 25.0 Å². The molecule has 1 aromatic heterocycles. The Morgan fingerprint density at radius 1 is 1.24 bits per heavy atom. The number of rotatable bonds is 6. The average molecular weight is 361 g/mol. The van der Waals surface area contributed by atoms with Crippen LogP contribution in [0.3, 0.4) is 0 Å². The normalized spacial score (nSPS) is 17.2. The van der Waals surface area contributed by atoms with Gasteiger partial charge in [-0.05, 0) is 25.0 Å². The molecule has 2 aliphatic rings. The van der Waals surface area contributed by atoms with E-state index in [9.17, 15) is 14.0 Å². The first-order valence-electron chi connectivity index (χ1n) is 8.06. The summed E-state index contributed by atoms with van der Waals surface area (Å²) in [4.78, 5) is 24.3. The highest BCUT2D eigenvalue weighted by Crippen LogP contribution is 2.41. The lowest BCUT2D eigenvalue weighted by Crippen LogP contribution is -2.32. The number of amides is 3. The van der Waals surface area contributed by atoms with Gasteiger partial charge in [0.05, 0.1) is 12.1 Å². The predicted molar refractivity (Wildman–Crippen MR) is 89.5 cm³/mol. The van der Waals surface area contributed by atoms with Gasteiger partial charge < -0.3 is 5.32 Å². The summed E-state index contributed by atoms with van der Waals surface area (Å²) < 4.78 is 16.1. The van der Waals surface area contributed by atoms with Crippen LogP contribution in [0, 0.1) is 5.82 Å². The standard InChI is InChI=1S/C16H16FN5O2S/c17-12-4-2-1-3-11(12)14-19-20-16(22(14)10-5-6-10)25-8-7-21-13(23)9-18-15(21)24/h1-4,10H,5-9H2,(H,18,24). The summed E-state index contributed by atoms with van der Waals surface area (Å²) in [6.45, 7) is 0.362. The number of hydrogen-bond donors (Lipinski definition) is 1. The average Bonchev–Trinajstić information content (AvgIpc) is 3.29. The Kier molecular flexibility index (Phi) is 4.16. The number of nitrogens with zero attached hydrogens (tertiary/aromatic N) is 4. The molecule has 1 saturated carbocycles. The van der Waals surface area contributed by atoms with E-state index < -0.39 is 0 Å². The second-order valence-corrected chi connectivity index (χ2v) is 7.00. The molecule has 25 heavy (non-hydrogen) atoms. The molecule has 2 aromatic rings. The van der Waals surface area contributed by atoms with Crippen molar-refractivity contribution in [1.29, 1.82) is 0 Å². The quantitative estimate of drug-likeness (QED) is 0.629. The summed E-state index contributed by atoms with van der Waals surface area (Å²) in [5.41, 5.74) is 0.433. The summed E-state index contributed by atoms with van der Waals surface area (Å²) in [5.74, 6) is 0.494. The van der Waals surface area contributed by atoms with Crippen molar-refractivity contribution in [2.45, 2.75) is 24.0 Å². The zero-order chi connectivity index (χ0) is 17.4. The van der Waals surface area contributed by atoms with E-state index >= 15 is 0 Å². The van der Waals surface area contributed by atoms with Gasteiger partial charge in [-0.3, -0.25) is 14.3 Å². The lowest BCUT2D eigenvalue weighted by molar-refractivity contribution is -0.124. The first-order chi connectivity index (χ1) is 12.1. The Morgan fingerprint density at radius 2 is 2.04 bits per heavy atom. The number of imide groups is 1. The number of aromatic nitrogens is 3. The van der Waals surface area contributed by atoms with Crippen molar-refractivity contribution in [2.75, 3.05) is 18.8 Å². The van der Waals surface area contributed by atoms with Crippen molar-refractivity contribution in [3.63, 3.8) is 0 Å². The van der Waals surface area contributed by atoms with Gasteiger partial charge in [-0.1, -0.05) is 23.9 Å². The molecule has 1 aliphatic heterocycles. The minimum absolute atomic E-state index is 0.0548. The minimum atomic E-state index is -0.360. The van der Waals surface area contributed by atoms with Crippen molar-refractivity contribution >= 4 is 23.7 Å². The third-order valence-corrected chi connectivity index (χ3v) is 5.10. The molecule has 9 heteroatoms. The molecule has 1 aromatic carbocycles. The topological polar surface area (TPSA) is 80.1 Å². The molecule has 0 spiro atoms. The second-order valence-electron chi connectivity index (χ2n) is 5.94. The van der Waals surface area contributed by atoms with E-state index in [2.05, 4.69) is 15.5 Å². The zero-order valence-electron chi connectivity index (χ0n) is 13.3. The number of carbonyl (C=O) groups excluding carboxylic acids is 2. The smallest absolute Gasteiger partial charge is 0.324 e. The van der Waals surface area contributed by atoms with Gasteiger partial charge in [0.2, 0.25) is 5.91 Å². The zero-order valence-corrected chi connectivity index (χ0v) is 14.1. The summed E-state index contributed by atoms with van der Waals surface area (Å²) in [6, 6.07) is 6.44. The maximum Gasteiger partial charge on any atom is 0.324 e. The maximum atomic E-state index is 14.1. The molecule has 2 heterocycles. The van der Waals surface area contributed by atoms with E-state index in [4.69, 9.17) is 0 Å². The highest BCUT2D eigenvalue weighted by atomic mass is 32.2. The molecule has 1 saturated heterocycles. The van der Waals surface area contributed by atoms with Gasteiger partial charge >= 0.3 is 6.03 Å². The van der Waals surface area contributed by atoms with E-state index in [0.29, 0.717) is 28.8 Å². The fraction of sp³-hybridized carbons (Fsp3) is 0.375. The molecule has 0 bridgehead atoms. The summed E-state index contributed by atoms with van der Waals surface area (Å²) in [7, 11) is 0. The third kappa shape index (κ3) is 3.11. The molecule has 0 radical (unpaired) electrons. The third-order valence-electron chi connectivity index (χ3n) is 4.17. The molecule has 1 N–H and O–H groups in total. The molecule has 7 nitrogen and oxygen atoms in total. The van der Waals surface area contributed by atoms with Crippen molar-refractivity contribution < 1.29 is 14.0 Å². The largest absolute Gasteiger partial charge is 0.329 e. The van der Waals surface area contributed by atoms with Crippen LogP contribution in [-0.4, -0.2) is 50.4 Å². The second kappa shape index (κ2) is 6.47. The Balaban J connectivity index is 1.52. The van der Waals surface area contributed by atoms with E-state index in [1.54, 1.807) is 18.2 Å². The monoisotopic (exact) mass is 361 g/mol. The van der Waals surface area contributed by atoms with Gasteiger partial charge in [-0.2, -0.15) is 0 Å². The Morgan fingerprint density at radius 3 is 2.72 bits per heavy atom. The molecule has 130 valence electrons. The Hall–Kier alpha value is -2.42. The number of hydrogen-bond acceptors (Lipinski definition) is 5. The first kappa shape index (κ1) is 16.1. The number of halogens is 1. The van der Waals surface area contributed by atoms with Crippen LogP contribution in [0.1, 0.15) is 18.9 Å². The molecular formula is C16H16FN5O2S. The fourth-order valence-corrected chi connectivity index (χ4v) is 3.70. The van der Waals surface area contributed by atoms with Crippen molar-refractivity contribution in [3.8, 4) is 11.4 Å². The van der Waals surface area contributed by atoms with Crippen LogP contribution in [0.5, 0.6) is 0 Å². The number of thioether (sulfide) groups is 1. The van der Waals surface area contributed by atoms with E-state index in [1.165, 1.54) is 22.7 Å². The predicted octanol–water partition coefficient (Wildman–Crippen LogP) is 2.06. The van der Waals surface area contributed by atoms with Crippen LogP contribution in [0.25, 0.3) is 11.4 Å². The minimum Gasteiger partial charge on any atom is -0.329 e. The summed E-state index contributed by atoms with van der Waals surface area (Å²) in [6.07, 6.45) is 2.03. The van der Waals surface area contributed by atoms with E-state index in [-0.39, 0.29) is 30.3 Å². The van der Waals surface area contributed by atoms with Crippen molar-refractivity contribution in [3.05, 3.63) is 30.1 Å². The number of urea groups is 1. The lowest BCUT2D eigenvalue weighted by Gasteiger charge is -2.12. The van der Waals surface area contributed by atoms with Crippen molar-refractivity contribution in [2.24, 2.45) is 0 Å². The maximum absolute atomic E-state index is 14.1. The van der Waals surface area contributed by atoms with Crippen LogP contribution >= 0.6 is 11.8 Å². The van der Waals surface area contributed by atoms with Gasteiger partial charge in [-0.25, -0.2) is 9.18 Å².